The molecule has 1 atom stereocenters. The number of piperidine rings is 1. The third kappa shape index (κ3) is 5.80. The topological polar surface area (TPSA) is 58.1 Å². The number of halogens is 3. The van der Waals surface area contributed by atoms with Crippen LogP contribution in [0.5, 0.6) is 0 Å². The molecule has 3 rings (SSSR count). The van der Waals surface area contributed by atoms with E-state index >= 15 is 4.39 Å². The van der Waals surface area contributed by atoms with Gasteiger partial charge in [0.05, 0.1) is 75.6 Å². The number of hydrogen-bond donors (Lipinski definition) is 1. The highest BCUT2D eigenvalue weighted by Gasteiger charge is 2.55. The second-order valence-corrected chi connectivity index (χ2v) is 9.55. The number of carbonyl (C=O) groups excluding carboxylic acids is 1. The molecular weight excluding hydrogens is 471 g/mol. The molecule has 0 bridgehead atoms. The molecule has 1 aromatic heterocycles. The van der Waals surface area contributed by atoms with Crippen LogP contribution in [0.1, 0.15) is 28.2 Å². The van der Waals surface area contributed by atoms with E-state index in [1.165, 1.54) is 18.5 Å². The van der Waals surface area contributed by atoms with Gasteiger partial charge < -0.3 is 10.2 Å². The first-order valence-corrected chi connectivity index (χ1v) is 10.8. The molecule has 5 nitrogen and oxygen atoms in total. The van der Waals surface area contributed by atoms with Gasteiger partial charge in [-0.05, 0) is 40.7 Å². The van der Waals surface area contributed by atoms with Crippen LogP contribution in [0.3, 0.4) is 0 Å². The van der Waals surface area contributed by atoms with Crippen molar-refractivity contribution in [3.8, 4) is 0 Å². The molecular formula is C19H12B9ClF2N4O. The lowest BCUT2D eigenvalue weighted by atomic mass is 9.39. The van der Waals surface area contributed by atoms with Gasteiger partial charge in [-0.1, -0.05) is 11.6 Å². The molecule has 1 N–H and O–H groups in total. The molecule has 1 amide bonds. The van der Waals surface area contributed by atoms with Gasteiger partial charge in [0.1, 0.15) is 17.3 Å². The van der Waals surface area contributed by atoms with Crippen molar-refractivity contribution in [3.63, 3.8) is 0 Å². The Morgan fingerprint density at radius 3 is 2.22 bits per heavy atom. The van der Waals surface area contributed by atoms with Gasteiger partial charge in [0.25, 0.3) is 5.91 Å². The highest BCUT2D eigenvalue weighted by molar-refractivity contribution is 6.58. The predicted molar refractivity (Wildman–Crippen MR) is 142 cm³/mol. The van der Waals surface area contributed by atoms with Crippen LogP contribution in [0.25, 0.3) is 0 Å². The summed E-state index contributed by atoms with van der Waals surface area (Å²) in [4.78, 5) is 21.8. The number of rotatable bonds is 6. The van der Waals surface area contributed by atoms with Crippen molar-refractivity contribution in [1.29, 1.82) is 0 Å². The Labute approximate surface area is 226 Å². The van der Waals surface area contributed by atoms with E-state index in [2.05, 4.69) is 15.3 Å². The van der Waals surface area contributed by atoms with Crippen LogP contribution in [0, 0.1) is 5.82 Å². The minimum Gasteiger partial charge on any atom is -0.351 e. The summed E-state index contributed by atoms with van der Waals surface area (Å²) in [5.41, 5.74) is -2.40. The van der Waals surface area contributed by atoms with Gasteiger partial charge in [0.2, 0.25) is 0 Å². The monoisotopic (exact) mass is 484 g/mol. The molecule has 18 radical (unpaired) electrons. The van der Waals surface area contributed by atoms with Crippen LogP contribution in [-0.2, 0) is 10.5 Å². The number of aromatic nitrogens is 2. The smallest absolute Gasteiger partial charge is 0.252 e. The van der Waals surface area contributed by atoms with Gasteiger partial charge in [0.15, 0.2) is 0 Å². The van der Waals surface area contributed by atoms with Gasteiger partial charge in [-0.15, -0.1) is 5.11 Å². The van der Waals surface area contributed by atoms with Crippen molar-refractivity contribution >= 4 is 88.1 Å². The molecule has 1 fully saturated rings. The molecule has 1 aromatic carbocycles. The number of benzene rings is 1. The first-order chi connectivity index (χ1) is 16.3. The number of hydrogen-bond acceptors (Lipinski definition) is 4. The number of amides is 1. The molecule has 0 aliphatic carbocycles. The molecule has 2 aromatic rings. The van der Waals surface area contributed by atoms with Crippen LogP contribution < -0.4 is 5.32 Å². The van der Waals surface area contributed by atoms with E-state index < -0.39 is 57.9 Å². The molecule has 1 aliphatic rings. The number of carbonyl (C=O) groups is 1. The van der Waals surface area contributed by atoms with Crippen molar-refractivity contribution in [1.82, 2.24) is 20.2 Å². The maximum absolute atomic E-state index is 16.2. The fourth-order valence-electron chi connectivity index (χ4n) is 3.66. The summed E-state index contributed by atoms with van der Waals surface area (Å²) in [6.07, 6.45) is 1.68. The van der Waals surface area contributed by atoms with Gasteiger partial charge in [-0.3, -0.25) is 4.79 Å². The number of likely N-dealkylation sites (tertiary alicyclic amines) is 1. The zero-order valence-electron chi connectivity index (χ0n) is 19.1. The van der Waals surface area contributed by atoms with Crippen LogP contribution in [-0.4, -0.2) is 115 Å². The van der Waals surface area contributed by atoms with E-state index in [-0.39, 0.29) is 22.0 Å². The van der Waals surface area contributed by atoms with E-state index in [4.69, 9.17) is 82.2 Å². The first-order valence-electron chi connectivity index (χ1n) is 10.4. The van der Waals surface area contributed by atoms with Crippen molar-refractivity contribution in [3.05, 3.63) is 58.4 Å². The van der Waals surface area contributed by atoms with Gasteiger partial charge in [-0.25, -0.2) is 18.7 Å². The van der Waals surface area contributed by atoms with Crippen molar-refractivity contribution in [2.24, 2.45) is 0 Å². The van der Waals surface area contributed by atoms with Crippen LogP contribution in [0.15, 0.2) is 30.6 Å². The summed E-state index contributed by atoms with van der Waals surface area (Å²) in [5, 5.41) is -5.67. The lowest BCUT2D eigenvalue weighted by Crippen LogP contribution is -2.69. The van der Waals surface area contributed by atoms with Crippen molar-refractivity contribution in [2.75, 3.05) is 13.1 Å². The Morgan fingerprint density at radius 2 is 1.69 bits per heavy atom. The highest BCUT2D eigenvalue weighted by Crippen LogP contribution is 2.47. The minimum absolute atomic E-state index is 0.0538. The summed E-state index contributed by atoms with van der Waals surface area (Å²) < 4.78 is 29.7. The Morgan fingerprint density at radius 1 is 1.11 bits per heavy atom. The van der Waals surface area contributed by atoms with E-state index in [1.54, 1.807) is 0 Å². The average molecular weight is 483 g/mol. The molecule has 162 valence electrons. The average Bonchev–Trinajstić information content (AvgIpc) is 2.76. The SMILES string of the molecule is [B]C([B])([B])c1cnc(C([B])([B])NCC2(F)CC([B])([B])N(C(=O)c3ccc(F)c(Cl)c3)CC2([B])[B])nc1. The number of nitrogens with zero attached hydrogens (tertiary/aromatic N) is 3. The minimum atomic E-state index is -2.53. The van der Waals surface area contributed by atoms with Crippen LogP contribution in [0.2, 0.25) is 10.2 Å². The summed E-state index contributed by atoms with van der Waals surface area (Å²) in [7, 11) is 53.2. The zero-order valence-corrected chi connectivity index (χ0v) is 19.8. The Hall–Kier alpha value is -1.54. The van der Waals surface area contributed by atoms with E-state index in [0.717, 1.165) is 17.0 Å². The molecule has 0 spiro atoms. The standard InChI is InChI=1S/C19H12B9ClF2N4O/c20-16(21)8-35(13(36)9-1-2-12(30)11(29)3-9)17(22,23)6-15(16,31)7-34-19(27,28)14-32-4-10(5-33-14)18(24,25)26/h1-5,34H,6-8H2. The third-order valence-corrected chi connectivity index (χ3v) is 6.20. The zero-order chi connectivity index (χ0) is 27.3. The maximum atomic E-state index is 16.2. The predicted octanol–water partition coefficient (Wildman–Crippen LogP) is -1.38. The Balaban J connectivity index is 1.80. The molecule has 17 heteroatoms. The lowest BCUT2D eigenvalue weighted by Gasteiger charge is -2.58. The second-order valence-electron chi connectivity index (χ2n) is 9.14. The van der Waals surface area contributed by atoms with Gasteiger partial charge in [-0.2, -0.15) is 0 Å². The largest absolute Gasteiger partial charge is 0.351 e. The van der Waals surface area contributed by atoms with Gasteiger partial charge >= 0.3 is 0 Å². The van der Waals surface area contributed by atoms with Crippen LogP contribution in [0.4, 0.5) is 8.78 Å². The summed E-state index contributed by atoms with van der Waals surface area (Å²) in [5.74, 6) is -1.68. The lowest BCUT2D eigenvalue weighted by molar-refractivity contribution is 0.0146. The summed E-state index contributed by atoms with van der Waals surface area (Å²) in [6.45, 7) is -1.28. The van der Waals surface area contributed by atoms with E-state index in [0.29, 0.717) is 0 Å². The van der Waals surface area contributed by atoms with Crippen molar-refractivity contribution in [2.45, 2.75) is 33.1 Å². The molecule has 2 heterocycles. The number of alkyl halides is 1. The first kappa shape index (κ1) is 29.0. The fourth-order valence-corrected chi connectivity index (χ4v) is 3.84. The summed E-state index contributed by atoms with van der Waals surface area (Å²) >= 11 is 5.76. The Bertz CT molecular complexity index is 1150. The van der Waals surface area contributed by atoms with Crippen molar-refractivity contribution < 1.29 is 13.6 Å². The van der Waals surface area contributed by atoms with E-state index in [9.17, 15) is 9.18 Å². The van der Waals surface area contributed by atoms with E-state index in [1.807, 2.05) is 0 Å². The van der Waals surface area contributed by atoms with Crippen LogP contribution >= 0.6 is 11.6 Å². The maximum Gasteiger partial charge on any atom is 0.252 e. The molecule has 0 saturated carbocycles. The third-order valence-electron chi connectivity index (χ3n) is 5.91. The quantitative estimate of drug-likeness (QED) is 0.516. The molecule has 36 heavy (non-hydrogen) atoms. The normalized spacial score (nSPS) is 21.7. The number of nitrogens with one attached hydrogen (secondary N) is 1. The fraction of sp³-hybridized carbons (Fsp3) is 0.421. The highest BCUT2D eigenvalue weighted by atomic mass is 35.5. The molecule has 1 aliphatic heterocycles. The Kier molecular flexibility index (Phi) is 7.78. The van der Waals surface area contributed by atoms with Gasteiger partial charge in [0, 0.05) is 36.4 Å². The second kappa shape index (κ2) is 9.65. The molecule has 1 unspecified atom stereocenters. The summed E-state index contributed by atoms with van der Waals surface area (Å²) in [6, 6.07) is 3.23. The molecule has 1 saturated heterocycles.